The Hall–Kier alpha value is -2.49. The van der Waals surface area contributed by atoms with E-state index < -0.39 is 0 Å². The molecule has 0 aromatic heterocycles. The van der Waals surface area contributed by atoms with Gasteiger partial charge in [-0.3, -0.25) is 0 Å². The molecule has 0 saturated heterocycles. The molecule has 2 N–H and O–H groups in total. The van der Waals surface area contributed by atoms with Gasteiger partial charge in [-0.2, -0.15) is 0 Å². The molecule has 0 spiro atoms. The highest BCUT2D eigenvalue weighted by atomic mass is 16.5. The molecule has 0 fully saturated rings. The van der Waals surface area contributed by atoms with Gasteiger partial charge < -0.3 is 15.2 Å². The van der Waals surface area contributed by atoms with Gasteiger partial charge in [0.15, 0.2) is 0 Å². The summed E-state index contributed by atoms with van der Waals surface area (Å²) in [5.74, 6) is -0.286. The molecule has 0 aliphatic carbocycles. The first-order chi connectivity index (χ1) is 10.0. The molecule has 0 bridgehead atoms. The van der Waals surface area contributed by atoms with E-state index in [9.17, 15) is 9.90 Å². The van der Waals surface area contributed by atoms with Crippen molar-refractivity contribution in [2.45, 2.75) is 20.8 Å². The number of aryl methyl sites for hydroxylation is 1. The minimum Gasteiger partial charge on any atom is -0.506 e. The second kappa shape index (κ2) is 6.31. The number of nitrogens with one attached hydrogen (secondary N) is 1. The van der Waals surface area contributed by atoms with Crippen molar-refractivity contribution in [2.75, 3.05) is 11.9 Å². The maximum absolute atomic E-state index is 11.9. The quantitative estimate of drug-likeness (QED) is 0.660. The van der Waals surface area contributed by atoms with E-state index in [0.717, 1.165) is 11.3 Å². The molecule has 110 valence electrons. The standard InChI is InChI=1S/C17H19NO3/c1-4-21-17(20)13-9-10-15(19)16(12(13)3)18-14-8-6-5-7-11(14)2/h5-10,18-19H,4H2,1-3H3. The molecule has 2 aromatic carbocycles. The number of phenolic OH excluding ortho intramolecular Hbond substituents is 1. The Morgan fingerprint density at radius 2 is 1.90 bits per heavy atom. The van der Waals surface area contributed by atoms with Crippen molar-refractivity contribution in [3.8, 4) is 5.75 Å². The monoisotopic (exact) mass is 285 g/mol. The number of hydrogen-bond acceptors (Lipinski definition) is 4. The van der Waals surface area contributed by atoms with E-state index in [2.05, 4.69) is 5.32 Å². The van der Waals surface area contributed by atoms with Crippen LogP contribution in [0.25, 0.3) is 0 Å². The summed E-state index contributed by atoms with van der Waals surface area (Å²) in [6.45, 7) is 5.84. The molecule has 0 saturated carbocycles. The summed E-state index contributed by atoms with van der Waals surface area (Å²) >= 11 is 0. The van der Waals surface area contributed by atoms with Crippen LogP contribution >= 0.6 is 0 Å². The van der Waals surface area contributed by atoms with Crippen molar-refractivity contribution in [1.82, 2.24) is 0 Å². The number of benzene rings is 2. The molecule has 2 aromatic rings. The predicted octanol–water partition coefficient (Wildman–Crippen LogP) is 3.93. The molecular formula is C17H19NO3. The Labute approximate surface area is 124 Å². The summed E-state index contributed by atoms with van der Waals surface area (Å²) in [7, 11) is 0. The van der Waals surface area contributed by atoms with E-state index in [1.54, 1.807) is 19.9 Å². The topological polar surface area (TPSA) is 58.6 Å². The van der Waals surface area contributed by atoms with Crippen LogP contribution in [0.1, 0.15) is 28.4 Å². The van der Waals surface area contributed by atoms with Crippen LogP contribution in [0.5, 0.6) is 5.75 Å². The molecule has 2 rings (SSSR count). The molecule has 0 aliphatic rings. The molecule has 0 unspecified atom stereocenters. The van der Waals surface area contributed by atoms with E-state index >= 15 is 0 Å². The maximum atomic E-state index is 11.9. The third kappa shape index (κ3) is 3.16. The van der Waals surface area contributed by atoms with Crippen LogP contribution in [0.2, 0.25) is 0 Å². The fourth-order valence-corrected chi connectivity index (χ4v) is 2.13. The van der Waals surface area contributed by atoms with E-state index in [1.165, 1.54) is 6.07 Å². The fraction of sp³-hybridized carbons (Fsp3) is 0.235. The van der Waals surface area contributed by atoms with Crippen LogP contribution in [0, 0.1) is 13.8 Å². The van der Waals surface area contributed by atoms with Crippen LogP contribution in [0.3, 0.4) is 0 Å². The van der Waals surface area contributed by atoms with Crippen LogP contribution in [0.15, 0.2) is 36.4 Å². The van der Waals surface area contributed by atoms with Gasteiger partial charge in [0.25, 0.3) is 0 Å². The summed E-state index contributed by atoms with van der Waals surface area (Å²) in [5.41, 5.74) is 3.58. The van der Waals surface area contributed by atoms with Crippen LogP contribution in [-0.2, 0) is 4.74 Å². The number of anilines is 2. The summed E-state index contributed by atoms with van der Waals surface area (Å²) in [6, 6.07) is 10.8. The highest BCUT2D eigenvalue weighted by Gasteiger charge is 2.16. The predicted molar refractivity (Wildman–Crippen MR) is 83.3 cm³/mol. The van der Waals surface area contributed by atoms with E-state index in [0.29, 0.717) is 23.4 Å². The zero-order valence-electron chi connectivity index (χ0n) is 12.4. The van der Waals surface area contributed by atoms with E-state index in [4.69, 9.17) is 4.74 Å². The Morgan fingerprint density at radius 3 is 2.57 bits per heavy atom. The first-order valence-electron chi connectivity index (χ1n) is 6.87. The van der Waals surface area contributed by atoms with Gasteiger partial charge in [0, 0.05) is 5.69 Å². The van der Waals surface area contributed by atoms with E-state index in [-0.39, 0.29) is 11.7 Å². The largest absolute Gasteiger partial charge is 0.506 e. The Balaban J connectivity index is 2.42. The number of hydrogen-bond donors (Lipinski definition) is 2. The van der Waals surface area contributed by atoms with Crippen molar-refractivity contribution in [2.24, 2.45) is 0 Å². The molecule has 0 radical (unpaired) electrons. The maximum Gasteiger partial charge on any atom is 0.338 e. The second-order valence-electron chi connectivity index (χ2n) is 4.79. The lowest BCUT2D eigenvalue weighted by atomic mass is 10.0. The Bertz CT molecular complexity index is 665. The first kappa shape index (κ1) is 14.9. The number of para-hydroxylation sites is 1. The normalized spacial score (nSPS) is 10.2. The lowest BCUT2D eigenvalue weighted by molar-refractivity contribution is 0.0525. The van der Waals surface area contributed by atoms with Crippen molar-refractivity contribution in [1.29, 1.82) is 0 Å². The first-order valence-corrected chi connectivity index (χ1v) is 6.87. The number of rotatable bonds is 4. The molecule has 0 atom stereocenters. The van der Waals surface area contributed by atoms with Crippen molar-refractivity contribution < 1.29 is 14.6 Å². The lowest BCUT2D eigenvalue weighted by Crippen LogP contribution is -2.08. The van der Waals surface area contributed by atoms with Crippen molar-refractivity contribution >= 4 is 17.3 Å². The van der Waals surface area contributed by atoms with Gasteiger partial charge in [0.2, 0.25) is 0 Å². The van der Waals surface area contributed by atoms with Gasteiger partial charge >= 0.3 is 5.97 Å². The van der Waals surface area contributed by atoms with Crippen molar-refractivity contribution in [3.05, 3.63) is 53.1 Å². The van der Waals surface area contributed by atoms with Gasteiger partial charge in [-0.1, -0.05) is 18.2 Å². The lowest BCUT2D eigenvalue weighted by Gasteiger charge is -2.15. The Morgan fingerprint density at radius 1 is 1.19 bits per heavy atom. The molecule has 4 nitrogen and oxygen atoms in total. The highest BCUT2D eigenvalue weighted by Crippen LogP contribution is 2.33. The molecule has 4 heteroatoms. The zero-order valence-corrected chi connectivity index (χ0v) is 12.4. The third-order valence-electron chi connectivity index (χ3n) is 3.34. The molecular weight excluding hydrogens is 266 g/mol. The third-order valence-corrected chi connectivity index (χ3v) is 3.34. The minimum absolute atomic E-state index is 0.101. The summed E-state index contributed by atoms with van der Waals surface area (Å²) in [5, 5.41) is 13.3. The number of phenols is 1. The minimum atomic E-state index is -0.386. The van der Waals surface area contributed by atoms with Gasteiger partial charge in [-0.15, -0.1) is 0 Å². The fourth-order valence-electron chi connectivity index (χ4n) is 2.13. The van der Waals surface area contributed by atoms with Crippen LogP contribution < -0.4 is 5.32 Å². The summed E-state index contributed by atoms with van der Waals surface area (Å²) in [6.07, 6.45) is 0. The Kier molecular flexibility index (Phi) is 4.48. The van der Waals surface area contributed by atoms with Crippen LogP contribution in [-0.4, -0.2) is 17.7 Å². The average Bonchev–Trinajstić information content (AvgIpc) is 2.45. The number of esters is 1. The SMILES string of the molecule is CCOC(=O)c1ccc(O)c(Nc2ccccc2C)c1C. The number of ether oxygens (including phenoxy) is 1. The average molecular weight is 285 g/mol. The van der Waals surface area contributed by atoms with Gasteiger partial charge in [-0.05, 0) is 50.1 Å². The molecule has 0 heterocycles. The van der Waals surface area contributed by atoms with Gasteiger partial charge in [0.05, 0.1) is 17.9 Å². The van der Waals surface area contributed by atoms with Gasteiger partial charge in [0.1, 0.15) is 5.75 Å². The smallest absolute Gasteiger partial charge is 0.338 e. The van der Waals surface area contributed by atoms with Crippen LogP contribution in [0.4, 0.5) is 11.4 Å². The van der Waals surface area contributed by atoms with Gasteiger partial charge in [-0.25, -0.2) is 4.79 Å². The summed E-state index contributed by atoms with van der Waals surface area (Å²) in [4.78, 5) is 11.9. The van der Waals surface area contributed by atoms with Crippen molar-refractivity contribution in [3.63, 3.8) is 0 Å². The zero-order chi connectivity index (χ0) is 15.4. The summed E-state index contributed by atoms with van der Waals surface area (Å²) < 4.78 is 5.03. The molecule has 0 amide bonds. The second-order valence-corrected chi connectivity index (χ2v) is 4.79. The highest BCUT2D eigenvalue weighted by molar-refractivity contribution is 5.94. The number of carbonyl (C=O) groups excluding carboxylic acids is 1. The number of aromatic hydroxyl groups is 1. The van der Waals surface area contributed by atoms with E-state index in [1.807, 2.05) is 31.2 Å². The number of carbonyl (C=O) groups is 1. The molecule has 0 aliphatic heterocycles. The molecule has 21 heavy (non-hydrogen) atoms.